The number of fused-ring (bicyclic) bond motifs is 1. The summed E-state index contributed by atoms with van der Waals surface area (Å²) in [5, 5.41) is 6.92. The maximum Gasteiger partial charge on any atom is 0.410 e. The summed E-state index contributed by atoms with van der Waals surface area (Å²) >= 11 is 0. The number of ether oxygens (including phenoxy) is 2. The normalized spacial score (nSPS) is 17.9. The summed E-state index contributed by atoms with van der Waals surface area (Å²) in [6.07, 6.45) is 0.182. The average Bonchev–Trinajstić information content (AvgIpc) is 2.82. The molecular formula is C15H23N3O4. The van der Waals surface area contributed by atoms with E-state index in [0.29, 0.717) is 25.3 Å². The van der Waals surface area contributed by atoms with Crippen molar-refractivity contribution in [1.29, 1.82) is 0 Å². The molecule has 7 nitrogen and oxygen atoms in total. The van der Waals surface area contributed by atoms with Crippen molar-refractivity contribution in [3.63, 3.8) is 0 Å². The van der Waals surface area contributed by atoms with Crippen molar-refractivity contribution in [2.75, 3.05) is 13.2 Å². The summed E-state index contributed by atoms with van der Waals surface area (Å²) in [6.45, 7) is 9.92. The summed E-state index contributed by atoms with van der Waals surface area (Å²) in [5.74, 6) is -0.432. The highest BCUT2D eigenvalue weighted by atomic mass is 16.6. The molecule has 0 fully saturated rings. The Morgan fingerprint density at radius 3 is 2.68 bits per heavy atom. The minimum atomic E-state index is -0.541. The molecule has 1 aliphatic rings. The molecule has 0 aliphatic carbocycles. The van der Waals surface area contributed by atoms with Gasteiger partial charge in [-0.2, -0.15) is 5.10 Å². The summed E-state index contributed by atoms with van der Waals surface area (Å²) in [5.41, 5.74) is 1.36. The zero-order valence-electron chi connectivity index (χ0n) is 13.7. The molecule has 0 spiro atoms. The quantitative estimate of drug-likeness (QED) is 0.848. The third kappa shape index (κ3) is 3.23. The van der Waals surface area contributed by atoms with E-state index in [-0.39, 0.29) is 12.1 Å². The zero-order chi connectivity index (χ0) is 16.5. The number of hydrogen-bond acceptors (Lipinski definition) is 5. The lowest BCUT2D eigenvalue weighted by atomic mass is 9.99. The van der Waals surface area contributed by atoms with Crippen LogP contribution in [-0.2, 0) is 15.9 Å². The van der Waals surface area contributed by atoms with Crippen molar-refractivity contribution in [2.24, 2.45) is 0 Å². The number of hydrogen-bond donors (Lipinski definition) is 1. The molecule has 1 aromatic heterocycles. The van der Waals surface area contributed by atoms with Gasteiger partial charge in [0.2, 0.25) is 0 Å². The molecule has 0 aromatic carbocycles. The van der Waals surface area contributed by atoms with Crippen molar-refractivity contribution in [2.45, 2.75) is 52.7 Å². The Morgan fingerprint density at radius 2 is 2.09 bits per heavy atom. The molecule has 2 rings (SSSR count). The second kappa shape index (κ2) is 5.98. The number of H-pyrrole nitrogens is 1. The second-order valence-electron chi connectivity index (χ2n) is 6.28. The lowest BCUT2D eigenvalue weighted by Gasteiger charge is -2.34. The van der Waals surface area contributed by atoms with E-state index in [4.69, 9.17) is 9.47 Å². The molecule has 1 amide bonds. The first kappa shape index (κ1) is 16.3. The predicted molar refractivity (Wildman–Crippen MR) is 79.6 cm³/mol. The van der Waals surface area contributed by atoms with Crippen LogP contribution in [0, 0.1) is 0 Å². The third-order valence-electron chi connectivity index (χ3n) is 3.48. The van der Waals surface area contributed by atoms with Crippen molar-refractivity contribution in [3.05, 3.63) is 17.0 Å². The highest BCUT2D eigenvalue weighted by molar-refractivity contribution is 5.89. The largest absolute Gasteiger partial charge is 0.461 e. The van der Waals surface area contributed by atoms with E-state index in [0.717, 1.165) is 11.3 Å². The van der Waals surface area contributed by atoms with Gasteiger partial charge < -0.3 is 9.47 Å². The highest BCUT2D eigenvalue weighted by Gasteiger charge is 2.35. The number of carbonyl (C=O) groups excluding carboxylic acids is 2. The van der Waals surface area contributed by atoms with Gasteiger partial charge in [0.15, 0.2) is 5.69 Å². The van der Waals surface area contributed by atoms with E-state index in [2.05, 4.69) is 10.2 Å². The first-order valence-corrected chi connectivity index (χ1v) is 7.48. The maximum atomic E-state index is 12.3. The van der Waals surface area contributed by atoms with Crippen LogP contribution in [0.4, 0.5) is 4.79 Å². The van der Waals surface area contributed by atoms with E-state index in [1.165, 1.54) is 0 Å². The van der Waals surface area contributed by atoms with Gasteiger partial charge in [0.1, 0.15) is 5.60 Å². The predicted octanol–water partition coefficient (Wildman–Crippen LogP) is 2.44. The van der Waals surface area contributed by atoms with Crippen molar-refractivity contribution in [3.8, 4) is 0 Å². The van der Waals surface area contributed by atoms with Crippen LogP contribution < -0.4 is 0 Å². The first-order valence-electron chi connectivity index (χ1n) is 7.48. The number of esters is 1. The highest BCUT2D eigenvalue weighted by Crippen LogP contribution is 2.31. The van der Waals surface area contributed by atoms with Gasteiger partial charge in [-0.1, -0.05) is 0 Å². The topological polar surface area (TPSA) is 84.5 Å². The van der Waals surface area contributed by atoms with Crippen molar-refractivity contribution < 1.29 is 19.1 Å². The molecule has 0 radical (unpaired) electrons. The van der Waals surface area contributed by atoms with Crippen LogP contribution in [0.15, 0.2) is 0 Å². The van der Waals surface area contributed by atoms with E-state index >= 15 is 0 Å². The maximum absolute atomic E-state index is 12.3. The number of rotatable bonds is 2. The standard InChI is InChI=1S/C15H23N3O4/c1-6-21-13(19)12-10-7-8-18(9(2)11(10)16-17-12)14(20)22-15(3,4)5/h9H,6-8H2,1-5H3,(H,16,17)/t9-/m0/s1. The molecule has 1 atom stereocenters. The zero-order valence-corrected chi connectivity index (χ0v) is 13.7. The molecule has 0 saturated heterocycles. The summed E-state index contributed by atoms with van der Waals surface area (Å²) in [7, 11) is 0. The van der Waals surface area contributed by atoms with Gasteiger partial charge in [-0.3, -0.25) is 10.00 Å². The van der Waals surface area contributed by atoms with Crippen LogP contribution in [0.3, 0.4) is 0 Å². The SMILES string of the molecule is CCOC(=O)c1n[nH]c2c1CCN(C(=O)OC(C)(C)C)[C@H]2C. The van der Waals surface area contributed by atoms with Crippen molar-refractivity contribution >= 4 is 12.1 Å². The number of aromatic amines is 1. The molecule has 1 N–H and O–H groups in total. The fraction of sp³-hybridized carbons (Fsp3) is 0.667. The Kier molecular flexibility index (Phi) is 4.44. The molecule has 1 aromatic rings. The van der Waals surface area contributed by atoms with Gasteiger partial charge in [-0.25, -0.2) is 9.59 Å². The third-order valence-corrected chi connectivity index (χ3v) is 3.48. The van der Waals surface area contributed by atoms with Gasteiger partial charge in [0.25, 0.3) is 0 Å². The lowest BCUT2D eigenvalue weighted by molar-refractivity contribution is 0.0156. The van der Waals surface area contributed by atoms with Crippen LogP contribution in [0.2, 0.25) is 0 Å². The molecule has 2 heterocycles. The molecule has 1 aliphatic heterocycles. The van der Waals surface area contributed by atoms with Crippen LogP contribution >= 0.6 is 0 Å². The summed E-state index contributed by atoms with van der Waals surface area (Å²) in [4.78, 5) is 25.8. The van der Waals surface area contributed by atoms with E-state index in [1.54, 1.807) is 11.8 Å². The molecule has 0 bridgehead atoms. The fourth-order valence-corrected chi connectivity index (χ4v) is 2.50. The smallest absolute Gasteiger partial charge is 0.410 e. The molecule has 7 heteroatoms. The van der Waals surface area contributed by atoms with Gasteiger partial charge >= 0.3 is 12.1 Å². The number of nitrogens with one attached hydrogen (secondary N) is 1. The van der Waals surface area contributed by atoms with Crippen LogP contribution in [0.25, 0.3) is 0 Å². The Morgan fingerprint density at radius 1 is 1.41 bits per heavy atom. The monoisotopic (exact) mass is 309 g/mol. The minimum absolute atomic E-state index is 0.228. The minimum Gasteiger partial charge on any atom is -0.461 e. The van der Waals surface area contributed by atoms with Crippen LogP contribution in [0.5, 0.6) is 0 Å². The van der Waals surface area contributed by atoms with Gasteiger partial charge in [0.05, 0.1) is 18.3 Å². The Balaban J connectivity index is 2.19. The fourth-order valence-electron chi connectivity index (χ4n) is 2.50. The van der Waals surface area contributed by atoms with Gasteiger partial charge in [0, 0.05) is 12.1 Å². The van der Waals surface area contributed by atoms with Gasteiger partial charge in [-0.15, -0.1) is 0 Å². The first-order chi connectivity index (χ1) is 10.2. The Bertz CT molecular complexity index is 574. The van der Waals surface area contributed by atoms with Crippen LogP contribution in [-0.4, -0.2) is 45.9 Å². The van der Waals surface area contributed by atoms with E-state index < -0.39 is 11.6 Å². The molecule has 0 unspecified atom stereocenters. The number of nitrogens with zero attached hydrogens (tertiary/aromatic N) is 2. The number of carbonyl (C=O) groups is 2. The average molecular weight is 309 g/mol. The second-order valence-corrected chi connectivity index (χ2v) is 6.28. The molecule has 0 saturated carbocycles. The summed E-state index contributed by atoms with van der Waals surface area (Å²) in [6, 6.07) is -0.228. The summed E-state index contributed by atoms with van der Waals surface area (Å²) < 4.78 is 10.4. The number of amides is 1. The number of aromatic nitrogens is 2. The Labute approximate surface area is 130 Å². The Hall–Kier alpha value is -2.05. The van der Waals surface area contributed by atoms with Crippen LogP contribution in [0.1, 0.15) is 62.4 Å². The molecular weight excluding hydrogens is 286 g/mol. The van der Waals surface area contributed by atoms with E-state index in [9.17, 15) is 9.59 Å². The van der Waals surface area contributed by atoms with Crippen molar-refractivity contribution in [1.82, 2.24) is 15.1 Å². The lowest BCUT2D eigenvalue weighted by Crippen LogP contribution is -2.42. The molecule has 122 valence electrons. The molecule has 22 heavy (non-hydrogen) atoms. The van der Waals surface area contributed by atoms with Gasteiger partial charge in [-0.05, 0) is 41.0 Å². The van der Waals surface area contributed by atoms with E-state index in [1.807, 2.05) is 27.7 Å².